The van der Waals surface area contributed by atoms with E-state index in [9.17, 15) is 24.9 Å². The zero-order valence-electron chi connectivity index (χ0n) is 14.6. The lowest BCUT2D eigenvalue weighted by molar-refractivity contribution is -0.271. The van der Waals surface area contributed by atoms with E-state index in [1.807, 2.05) is 13.8 Å². The molecule has 0 spiro atoms. The number of carbonyl (C=O) groups excluding carboxylic acids is 1. The van der Waals surface area contributed by atoms with Crippen molar-refractivity contribution < 1.29 is 39.5 Å². The molecule has 1 aliphatic heterocycles. The van der Waals surface area contributed by atoms with Gasteiger partial charge in [0.1, 0.15) is 29.8 Å². The number of carbonyl (C=O) groups is 2. The molecule has 26 heavy (non-hydrogen) atoms. The van der Waals surface area contributed by atoms with Crippen molar-refractivity contribution in [3.05, 3.63) is 29.8 Å². The minimum Gasteiger partial charge on any atom is -0.479 e. The van der Waals surface area contributed by atoms with Crippen LogP contribution in [0.15, 0.2) is 24.3 Å². The summed E-state index contributed by atoms with van der Waals surface area (Å²) < 4.78 is 10.5. The summed E-state index contributed by atoms with van der Waals surface area (Å²) in [4.78, 5) is 22.7. The van der Waals surface area contributed by atoms with E-state index in [1.54, 1.807) is 24.3 Å². The average molecular weight is 368 g/mol. The molecule has 144 valence electrons. The Balaban J connectivity index is 1.99. The number of aliphatic hydroxyl groups is 3. The number of benzene rings is 1. The molecule has 0 saturated carbocycles. The van der Waals surface area contributed by atoms with Crippen molar-refractivity contribution >= 4 is 11.8 Å². The number of carboxylic acids is 1. The molecule has 2 rings (SSSR count). The third-order valence-corrected chi connectivity index (χ3v) is 4.29. The Labute approximate surface area is 151 Å². The van der Waals surface area contributed by atoms with Crippen molar-refractivity contribution in [3.63, 3.8) is 0 Å². The number of carboxylic acid groups (broad SMARTS) is 1. The molecule has 0 aromatic heterocycles. The quantitative estimate of drug-likeness (QED) is 0.533. The number of Topliss-reactive ketones (excluding diaryl/α,β-unsaturated/α-hetero) is 1. The van der Waals surface area contributed by atoms with Crippen LogP contribution in [0.5, 0.6) is 5.75 Å². The van der Waals surface area contributed by atoms with Crippen LogP contribution in [0, 0.1) is 5.92 Å². The van der Waals surface area contributed by atoms with Crippen molar-refractivity contribution in [1.82, 2.24) is 0 Å². The summed E-state index contributed by atoms with van der Waals surface area (Å²) in [6.07, 6.45) is -7.20. The van der Waals surface area contributed by atoms with Gasteiger partial charge < -0.3 is 29.9 Å². The summed E-state index contributed by atoms with van der Waals surface area (Å²) in [5.74, 6) is -1.01. The third-order valence-electron chi connectivity index (χ3n) is 4.29. The molecule has 1 aromatic rings. The van der Waals surface area contributed by atoms with E-state index in [0.717, 1.165) is 5.56 Å². The maximum atomic E-state index is 11.7. The van der Waals surface area contributed by atoms with Gasteiger partial charge in [-0.15, -0.1) is 0 Å². The molecule has 1 aliphatic rings. The van der Waals surface area contributed by atoms with E-state index in [4.69, 9.17) is 14.6 Å². The van der Waals surface area contributed by atoms with Gasteiger partial charge in [-0.25, -0.2) is 4.79 Å². The van der Waals surface area contributed by atoms with Crippen LogP contribution in [-0.2, 0) is 20.7 Å². The summed E-state index contributed by atoms with van der Waals surface area (Å²) in [5.41, 5.74) is 0.926. The fourth-order valence-electron chi connectivity index (χ4n) is 2.57. The number of ketones is 1. The third kappa shape index (κ3) is 4.79. The van der Waals surface area contributed by atoms with Crippen LogP contribution in [-0.4, -0.2) is 62.9 Å². The van der Waals surface area contributed by atoms with E-state index in [0.29, 0.717) is 18.6 Å². The first-order chi connectivity index (χ1) is 12.2. The maximum Gasteiger partial charge on any atom is 0.335 e. The van der Waals surface area contributed by atoms with Crippen LogP contribution in [0.2, 0.25) is 0 Å². The summed E-state index contributed by atoms with van der Waals surface area (Å²) in [6.45, 7) is 3.70. The molecule has 8 nitrogen and oxygen atoms in total. The highest BCUT2D eigenvalue weighted by Crippen LogP contribution is 2.25. The van der Waals surface area contributed by atoms with E-state index >= 15 is 0 Å². The summed E-state index contributed by atoms with van der Waals surface area (Å²) in [6, 6.07) is 6.69. The minimum atomic E-state index is -1.76. The van der Waals surface area contributed by atoms with Crippen molar-refractivity contribution in [2.24, 2.45) is 5.92 Å². The van der Waals surface area contributed by atoms with Gasteiger partial charge in [-0.05, 0) is 24.1 Å². The van der Waals surface area contributed by atoms with E-state index < -0.39 is 36.7 Å². The van der Waals surface area contributed by atoms with Crippen LogP contribution in [0.25, 0.3) is 0 Å². The van der Waals surface area contributed by atoms with Crippen LogP contribution >= 0.6 is 0 Å². The molecule has 0 radical (unpaired) electrons. The lowest BCUT2D eigenvalue weighted by Gasteiger charge is -2.38. The Morgan fingerprint density at radius 1 is 1.08 bits per heavy atom. The van der Waals surface area contributed by atoms with Crippen LogP contribution in [0.1, 0.15) is 25.8 Å². The Bertz CT molecular complexity index is 627. The molecule has 8 heteroatoms. The summed E-state index contributed by atoms with van der Waals surface area (Å²) in [5, 5.41) is 38.4. The van der Waals surface area contributed by atoms with Crippen LogP contribution < -0.4 is 4.74 Å². The molecular weight excluding hydrogens is 344 g/mol. The fourth-order valence-corrected chi connectivity index (χ4v) is 2.57. The molecule has 5 unspecified atom stereocenters. The Morgan fingerprint density at radius 3 is 2.23 bits per heavy atom. The molecule has 4 N–H and O–H groups in total. The first-order valence-electron chi connectivity index (χ1n) is 8.41. The van der Waals surface area contributed by atoms with Gasteiger partial charge >= 0.3 is 5.97 Å². The zero-order valence-corrected chi connectivity index (χ0v) is 14.6. The number of aryl methyl sites for hydroxylation is 1. The Morgan fingerprint density at radius 2 is 1.69 bits per heavy atom. The molecule has 1 fully saturated rings. The van der Waals surface area contributed by atoms with E-state index in [-0.39, 0.29) is 11.7 Å². The second kappa shape index (κ2) is 8.59. The molecule has 1 heterocycles. The predicted molar refractivity (Wildman–Crippen MR) is 89.6 cm³/mol. The van der Waals surface area contributed by atoms with E-state index in [1.165, 1.54) is 0 Å². The smallest absolute Gasteiger partial charge is 0.335 e. The van der Waals surface area contributed by atoms with Gasteiger partial charge in [-0.3, -0.25) is 4.79 Å². The molecule has 0 bridgehead atoms. The lowest BCUT2D eigenvalue weighted by atomic mass is 9.99. The monoisotopic (exact) mass is 368 g/mol. The van der Waals surface area contributed by atoms with Crippen molar-refractivity contribution in [2.45, 2.75) is 57.4 Å². The lowest BCUT2D eigenvalue weighted by Crippen LogP contribution is -2.61. The van der Waals surface area contributed by atoms with Crippen molar-refractivity contribution in [1.29, 1.82) is 0 Å². The predicted octanol–water partition coefficient (Wildman–Crippen LogP) is 0.115. The first kappa shape index (κ1) is 20.3. The van der Waals surface area contributed by atoms with E-state index in [2.05, 4.69) is 0 Å². The van der Waals surface area contributed by atoms with Gasteiger partial charge in [0.25, 0.3) is 0 Å². The van der Waals surface area contributed by atoms with Crippen molar-refractivity contribution in [3.8, 4) is 5.75 Å². The minimum absolute atomic E-state index is 0.00787. The average Bonchev–Trinajstić information content (AvgIpc) is 2.60. The standard InChI is InChI=1S/C18H24O8/c1-9(2)12(19)8-5-10-3-6-11(7-4-10)25-18-15(22)13(20)14(21)16(26-18)17(23)24/h3-4,6-7,9,13-16,18,20-22H,5,8H2,1-2H3,(H,23,24). The number of aliphatic carboxylic acids is 1. The van der Waals surface area contributed by atoms with Gasteiger partial charge in [-0.2, -0.15) is 0 Å². The molecule has 5 atom stereocenters. The molecular formula is C18H24O8. The van der Waals surface area contributed by atoms with Crippen LogP contribution in [0.3, 0.4) is 0 Å². The zero-order chi connectivity index (χ0) is 19.4. The fraction of sp³-hybridized carbons (Fsp3) is 0.556. The summed E-state index contributed by atoms with van der Waals surface area (Å²) in [7, 11) is 0. The largest absolute Gasteiger partial charge is 0.479 e. The van der Waals surface area contributed by atoms with Gasteiger partial charge in [0, 0.05) is 12.3 Å². The second-order valence-corrected chi connectivity index (χ2v) is 6.62. The Kier molecular flexibility index (Phi) is 6.71. The number of aliphatic hydroxyl groups excluding tert-OH is 3. The van der Waals surface area contributed by atoms with Gasteiger partial charge in [-0.1, -0.05) is 26.0 Å². The molecule has 0 amide bonds. The highest BCUT2D eigenvalue weighted by atomic mass is 16.7. The number of ether oxygens (including phenoxy) is 2. The number of rotatable bonds is 7. The summed E-state index contributed by atoms with van der Waals surface area (Å²) >= 11 is 0. The van der Waals surface area contributed by atoms with Crippen LogP contribution in [0.4, 0.5) is 0 Å². The molecule has 1 saturated heterocycles. The van der Waals surface area contributed by atoms with Gasteiger partial charge in [0.15, 0.2) is 6.10 Å². The maximum absolute atomic E-state index is 11.7. The number of hydrogen-bond acceptors (Lipinski definition) is 7. The SMILES string of the molecule is CC(C)C(=O)CCc1ccc(OC2OC(C(=O)O)C(O)C(O)C2O)cc1. The normalized spacial score (nSPS) is 28.8. The van der Waals surface area contributed by atoms with Gasteiger partial charge in [0.2, 0.25) is 6.29 Å². The number of hydrogen-bond donors (Lipinski definition) is 4. The first-order valence-corrected chi connectivity index (χ1v) is 8.41. The highest BCUT2D eigenvalue weighted by molar-refractivity contribution is 5.80. The molecule has 1 aromatic carbocycles. The second-order valence-electron chi connectivity index (χ2n) is 6.62. The molecule has 0 aliphatic carbocycles. The topological polar surface area (TPSA) is 134 Å². The Hall–Kier alpha value is -2.00. The van der Waals surface area contributed by atoms with Gasteiger partial charge in [0.05, 0.1) is 0 Å². The highest BCUT2D eigenvalue weighted by Gasteiger charge is 2.48. The van der Waals surface area contributed by atoms with Crippen molar-refractivity contribution in [2.75, 3.05) is 0 Å².